The number of nitrogens with one attached hydrogen (secondary N) is 2. The van der Waals surface area contributed by atoms with Crippen LogP contribution in [0.5, 0.6) is 0 Å². The minimum atomic E-state index is -0.563. The Kier molecular flexibility index (Phi) is 4.61. The Morgan fingerprint density at radius 3 is 2.67 bits per heavy atom. The lowest BCUT2D eigenvalue weighted by Gasteiger charge is -2.35. The summed E-state index contributed by atoms with van der Waals surface area (Å²) in [4.78, 5) is 27.5. The number of carbonyl (C=O) groups is 2. The van der Waals surface area contributed by atoms with Crippen LogP contribution in [0.15, 0.2) is 54.6 Å². The maximum atomic E-state index is 13.3. The number of piperazine rings is 1. The van der Waals surface area contributed by atoms with Gasteiger partial charge in [0.2, 0.25) is 11.7 Å². The van der Waals surface area contributed by atoms with E-state index in [4.69, 9.17) is 0 Å². The molecule has 0 spiro atoms. The van der Waals surface area contributed by atoms with E-state index in [-0.39, 0.29) is 11.8 Å². The van der Waals surface area contributed by atoms with E-state index in [0.717, 1.165) is 5.56 Å². The molecule has 2 N–H and O–H groups in total. The fraction of sp³-hybridized carbons (Fsp3) is 0.211. The number of hydrogen-bond acceptors (Lipinski definition) is 5. The van der Waals surface area contributed by atoms with Crippen molar-refractivity contribution in [2.24, 2.45) is 0 Å². The molecule has 0 aliphatic carbocycles. The summed E-state index contributed by atoms with van der Waals surface area (Å²) in [6.45, 7) is 0.878. The molecule has 1 unspecified atom stereocenters. The SMILES string of the molecule is O=C1NCCN(C(=O)c2ccccc2-c2nn[nH]n2)C1Cc1ccccc1. The van der Waals surface area contributed by atoms with Gasteiger partial charge in [-0.05, 0) is 16.8 Å². The predicted octanol–water partition coefficient (Wildman–Crippen LogP) is 1.05. The highest BCUT2D eigenvalue weighted by Crippen LogP contribution is 2.23. The first-order valence-electron chi connectivity index (χ1n) is 8.69. The summed E-state index contributed by atoms with van der Waals surface area (Å²) < 4.78 is 0. The smallest absolute Gasteiger partial charge is 0.255 e. The molecule has 0 radical (unpaired) electrons. The molecule has 3 aromatic rings. The summed E-state index contributed by atoms with van der Waals surface area (Å²) in [5, 5.41) is 16.8. The Labute approximate surface area is 155 Å². The Morgan fingerprint density at radius 2 is 1.89 bits per heavy atom. The van der Waals surface area contributed by atoms with Gasteiger partial charge in [-0.15, -0.1) is 10.2 Å². The molecule has 2 heterocycles. The maximum absolute atomic E-state index is 13.3. The zero-order chi connectivity index (χ0) is 18.6. The van der Waals surface area contributed by atoms with Crippen molar-refractivity contribution in [2.75, 3.05) is 13.1 Å². The second-order valence-corrected chi connectivity index (χ2v) is 6.28. The second kappa shape index (κ2) is 7.36. The third-order valence-electron chi connectivity index (χ3n) is 4.61. The lowest BCUT2D eigenvalue weighted by atomic mass is 9.99. The van der Waals surface area contributed by atoms with Crippen LogP contribution < -0.4 is 5.32 Å². The Morgan fingerprint density at radius 1 is 1.11 bits per heavy atom. The first-order chi connectivity index (χ1) is 13.2. The molecule has 0 saturated carbocycles. The highest BCUT2D eigenvalue weighted by molar-refractivity contribution is 6.02. The van der Waals surface area contributed by atoms with Crippen molar-refractivity contribution in [3.8, 4) is 11.4 Å². The molecule has 2 aromatic carbocycles. The topological polar surface area (TPSA) is 104 Å². The average Bonchev–Trinajstić information content (AvgIpc) is 3.24. The molecule has 1 saturated heterocycles. The summed E-state index contributed by atoms with van der Waals surface area (Å²) in [6, 6.07) is 16.2. The van der Waals surface area contributed by atoms with E-state index in [1.54, 1.807) is 23.1 Å². The zero-order valence-electron chi connectivity index (χ0n) is 14.5. The molecule has 8 heteroatoms. The van der Waals surface area contributed by atoms with Crippen molar-refractivity contribution in [2.45, 2.75) is 12.5 Å². The van der Waals surface area contributed by atoms with Gasteiger partial charge in [0, 0.05) is 25.1 Å². The molecule has 1 atom stereocenters. The lowest BCUT2D eigenvalue weighted by Crippen LogP contribution is -2.58. The molecular weight excluding hydrogens is 344 g/mol. The summed E-state index contributed by atoms with van der Waals surface area (Å²) >= 11 is 0. The fourth-order valence-electron chi connectivity index (χ4n) is 3.29. The first kappa shape index (κ1) is 16.9. The van der Waals surface area contributed by atoms with Crippen LogP contribution in [-0.2, 0) is 11.2 Å². The summed E-state index contributed by atoms with van der Waals surface area (Å²) in [5.41, 5.74) is 2.04. The highest BCUT2D eigenvalue weighted by Gasteiger charge is 2.34. The number of tetrazole rings is 1. The largest absolute Gasteiger partial charge is 0.353 e. The molecule has 4 rings (SSSR count). The molecule has 2 amide bonds. The standard InChI is InChI=1S/C19H18N6O2/c26-18-16(12-13-6-2-1-3-7-13)25(11-10-20-18)19(27)15-9-5-4-8-14(15)17-21-23-24-22-17/h1-9,16H,10-12H2,(H,20,26)(H,21,22,23,24). The van der Waals surface area contributed by atoms with Crippen LogP contribution >= 0.6 is 0 Å². The van der Waals surface area contributed by atoms with Crippen LogP contribution in [0.25, 0.3) is 11.4 Å². The van der Waals surface area contributed by atoms with Crippen LogP contribution in [0.4, 0.5) is 0 Å². The number of carbonyl (C=O) groups excluding carboxylic acids is 2. The minimum absolute atomic E-state index is 0.143. The van der Waals surface area contributed by atoms with Crippen molar-refractivity contribution in [3.63, 3.8) is 0 Å². The molecule has 136 valence electrons. The van der Waals surface area contributed by atoms with E-state index < -0.39 is 6.04 Å². The Hall–Kier alpha value is -3.55. The van der Waals surface area contributed by atoms with Crippen LogP contribution in [0, 0.1) is 0 Å². The second-order valence-electron chi connectivity index (χ2n) is 6.28. The van der Waals surface area contributed by atoms with Gasteiger partial charge < -0.3 is 10.2 Å². The van der Waals surface area contributed by atoms with E-state index in [9.17, 15) is 9.59 Å². The zero-order valence-corrected chi connectivity index (χ0v) is 14.5. The van der Waals surface area contributed by atoms with Gasteiger partial charge in [-0.2, -0.15) is 5.21 Å². The van der Waals surface area contributed by atoms with Gasteiger partial charge in [-0.3, -0.25) is 9.59 Å². The number of aromatic nitrogens is 4. The first-order valence-corrected chi connectivity index (χ1v) is 8.69. The van der Waals surface area contributed by atoms with Crippen molar-refractivity contribution in [1.82, 2.24) is 30.8 Å². The molecule has 8 nitrogen and oxygen atoms in total. The number of rotatable bonds is 4. The quantitative estimate of drug-likeness (QED) is 0.722. The molecule has 0 bridgehead atoms. The van der Waals surface area contributed by atoms with E-state index in [0.29, 0.717) is 36.5 Å². The molecular formula is C19H18N6O2. The van der Waals surface area contributed by atoms with Crippen LogP contribution in [-0.4, -0.2) is 56.5 Å². The third-order valence-corrected chi connectivity index (χ3v) is 4.61. The number of nitrogens with zero attached hydrogens (tertiary/aromatic N) is 4. The van der Waals surface area contributed by atoms with E-state index in [1.165, 1.54) is 0 Å². The summed E-state index contributed by atoms with van der Waals surface area (Å²) in [6.07, 6.45) is 0.461. The normalized spacial score (nSPS) is 16.8. The molecule has 1 fully saturated rings. The number of hydrogen-bond donors (Lipinski definition) is 2. The number of benzene rings is 2. The van der Waals surface area contributed by atoms with Crippen LogP contribution in [0.3, 0.4) is 0 Å². The lowest BCUT2D eigenvalue weighted by molar-refractivity contribution is -0.127. The Balaban J connectivity index is 1.66. The summed E-state index contributed by atoms with van der Waals surface area (Å²) in [7, 11) is 0. The van der Waals surface area contributed by atoms with Gasteiger partial charge in [-0.1, -0.05) is 48.5 Å². The van der Waals surface area contributed by atoms with Crippen molar-refractivity contribution in [3.05, 3.63) is 65.7 Å². The monoisotopic (exact) mass is 362 g/mol. The average molecular weight is 362 g/mol. The Bertz CT molecular complexity index is 942. The van der Waals surface area contributed by atoms with Crippen molar-refractivity contribution in [1.29, 1.82) is 0 Å². The van der Waals surface area contributed by atoms with Gasteiger partial charge in [0.15, 0.2) is 0 Å². The van der Waals surface area contributed by atoms with Crippen LogP contribution in [0.2, 0.25) is 0 Å². The summed E-state index contributed by atoms with van der Waals surface area (Å²) in [5.74, 6) is -0.0123. The molecule has 1 aromatic heterocycles. The fourth-order valence-corrected chi connectivity index (χ4v) is 3.29. The molecule has 1 aliphatic rings. The molecule has 1 aliphatic heterocycles. The highest BCUT2D eigenvalue weighted by atomic mass is 16.2. The molecule has 27 heavy (non-hydrogen) atoms. The van der Waals surface area contributed by atoms with Gasteiger partial charge >= 0.3 is 0 Å². The number of aromatic amines is 1. The number of amides is 2. The minimum Gasteiger partial charge on any atom is -0.353 e. The van der Waals surface area contributed by atoms with E-state index >= 15 is 0 Å². The van der Waals surface area contributed by atoms with E-state index in [2.05, 4.69) is 25.9 Å². The number of H-pyrrole nitrogens is 1. The van der Waals surface area contributed by atoms with Crippen molar-refractivity contribution >= 4 is 11.8 Å². The van der Waals surface area contributed by atoms with E-state index in [1.807, 2.05) is 36.4 Å². The van der Waals surface area contributed by atoms with Gasteiger partial charge in [0.05, 0.1) is 5.56 Å². The van der Waals surface area contributed by atoms with Gasteiger partial charge in [-0.25, -0.2) is 0 Å². The van der Waals surface area contributed by atoms with Gasteiger partial charge in [0.25, 0.3) is 5.91 Å². The predicted molar refractivity (Wildman–Crippen MR) is 97.6 cm³/mol. The van der Waals surface area contributed by atoms with Crippen LogP contribution in [0.1, 0.15) is 15.9 Å². The maximum Gasteiger partial charge on any atom is 0.255 e. The third kappa shape index (κ3) is 3.41. The van der Waals surface area contributed by atoms with Crippen molar-refractivity contribution < 1.29 is 9.59 Å². The van der Waals surface area contributed by atoms with Gasteiger partial charge in [0.1, 0.15) is 6.04 Å².